The molecule has 1 saturated heterocycles. The second-order valence-electron chi connectivity index (χ2n) is 4.97. The third-order valence-electron chi connectivity index (χ3n) is 3.47. The Hall–Kier alpha value is -1.39. The Bertz CT molecular complexity index is 409. The summed E-state index contributed by atoms with van der Waals surface area (Å²) in [7, 11) is 0. The van der Waals surface area contributed by atoms with Crippen LogP contribution in [0.4, 0.5) is 0 Å². The first-order valence-corrected chi connectivity index (χ1v) is 6.90. The molecule has 0 aromatic heterocycles. The van der Waals surface area contributed by atoms with Crippen molar-refractivity contribution in [3.8, 4) is 0 Å². The minimum atomic E-state index is -0.120. The number of piperidine rings is 1. The van der Waals surface area contributed by atoms with E-state index in [-0.39, 0.29) is 12.0 Å². The van der Waals surface area contributed by atoms with E-state index in [0.717, 1.165) is 38.0 Å². The molecule has 1 heterocycles. The number of hydrogen-bond donors (Lipinski definition) is 2. The first kappa shape index (κ1) is 14.0. The highest BCUT2D eigenvalue weighted by Crippen LogP contribution is 2.14. The van der Waals surface area contributed by atoms with E-state index in [1.165, 1.54) is 5.56 Å². The molecule has 0 aliphatic carbocycles. The van der Waals surface area contributed by atoms with Crippen molar-refractivity contribution in [2.45, 2.75) is 32.4 Å². The Labute approximate surface area is 114 Å². The zero-order valence-corrected chi connectivity index (χ0v) is 11.4. The van der Waals surface area contributed by atoms with Crippen LogP contribution in [0.25, 0.3) is 0 Å². The highest BCUT2D eigenvalue weighted by molar-refractivity contribution is 5.91. The second kappa shape index (κ2) is 6.68. The lowest BCUT2D eigenvalue weighted by Gasteiger charge is -2.29. The van der Waals surface area contributed by atoms with Crippen molar-refractivity contribution < 1.29 is 9.84 Å². The molecule has 0 bridgehead atoms. The Morgan fingerprint density at radius 3 is 2.53 bits per heavy atom. The molecule has 0 saturated carbocycles. The van der Waals surface area contributed by atoms with Crippen LogP contribution >= 0.6 is 0 Å². The third kappa shape index (κ3) is 4.04. The van der Waals surface area contributed by atoms with Crippen LogP contribution in [-0.2, 0) is 11.3 Å². The van der Waals surface area contributed by atoms with Crippen molar-refractivity contribution in [1.82, 2.24) is 4.90 Å². The monoisotopic (exact) mass is 262 g/mol. The van der Waals surface area contributed by atoms with Crippen LogP contribution in [0.15, 0.2) is 24.3 Å². The molecular weight excluding hydrogens is 240 g/mol. The van der Waals surface area contributed by atoms with E-state index < -0.39 is 0 Å². The summed E-state index contributed by atoms with van der Waals surface area (Å²) in [4.78, 5) is 2.36. The minimum Gasteiger partial charge on any atom is -0.478 e. The van der Waals surface area contributed by atoms with E-state index in [9.17, 15) is 5.11 Å². The molecule has 19 heavy (non-hydrogen) atoms. The van der Waals surface area contributed by atoms with Crippen molar-refractivity contribution in [1.29, 1.82) is 5.41 Å². The molecule has 104 valence electrons. The van der Waals surface area contributed by atoms with Gasteiger partial charge in [0.2, 0.25) is 5.90 Å². The molecular formula is C15H22N2O2. The fraction of sp³-hybridized carbons (Fsp3) is 0.533. The third-order valence-corrected chi connectivity index (χ3v) is 3.47. The average molecular weight is 262 g/mol. The van der Waals surface area contributed by atoms with Crippen molar-refractivity contribution >= 4 is 5.90 Å². The number of rotatable bonds is 4. The number of nitrogens with zero attached hydrogens (tertiary/aromatic N) is 1. The van der Waals surface area contributed by atoms with Gasteiger partial charge in [0.05, 0.1) is 12.7 Å². The second-order valence-corrected chi connectivity index (χ2v) is 4.97. The summed E-state index contributed by atoms with van der Waals surface area (Å²) >= 11 is 0. The summed E-state index contributed by atoms with van der Waals surface area (Å²) in [5.74, 6) is 0.232. The molecule has 1 aromatic rings. The van der Waals surface area contributed by atoms with Crippen LogP contribution in [0.1, 0.15) is 30.9 Å². The standard InChI is InChI=1S/C15H22N2O2/c1-2-19-15(16)13-5-3-12(4-6-13)11-17-9-7-14(18)8-10-17/h3-6,14,16,18H,2,7-11H2,1H3. The van der Waals surface area contributed by atoms with Gasteiger partial charge in [-0.05, 0) is 37.5 Å². The molecule has 0 radical (unpaired) electrons. The molecule has 4 heteroatoms. The molecule has 0 unspecified atom stereocenters. The molecule has 2 N–H and O–H groups in total. The van der Waals surface area contributed by atoms with Gasteiger partial charge < -0.3 is 9.84 Å². The number of aliphatic hydroxyl groups is 1. The van der Waals surface area contributed by atoms with E-state index in [4.69, 9.17) is 10.1 Å². The predicted molar refractivity (Wildman–Crippen MR) is 75.4 cm³/mol. The van der Waals surface area contributed by atoms with Gasteiger partial charge in [-0.25, -0.2) is 0 Å². The lowest BCUT2D eigenvalue weighted by atomic mass is 10.1. The Morgan fingerprint density at radius 2 is 1.95 bits per heavy atom. The number of nitrogens with one attached hydrogen (secondary N) is 1. The predicted octanol–water partition coefficient (Wildman–Crippen LogP) is 2.01. The maximum absolute atomic E-state index is 9.48. The van der Waals surface area contributed by atoms with Crippen LogP contribution in [0.3, 0.4) is 0 Å². The van der Waals surface area contributed by atoms with Gasteiger partial charge >= 0.3 is 0 Å². The molecule has 2 rings (SSSR count). The summed E-state index contributed by atoms with van der Waals surface area (Å²) in [6.45, 7) is 5.23. The van der Waals surface area contributed by atoms with Gasteiger partial charge in [0.15, 0.2) is 0 Å². The molecule has 0 amide bonds. The molecule has 4 nitrogen and oxygen atoms in total. The van der Waals surface area contributed by atoms with E-state index in [1.54, 1.807) is 0 Å². The fourth-order valence-electron chi connectivity index (χ4n) is 2.32. The number of aliphatic hydroxyl groups excluding tert-OH is 1. The smallest absolute Gasteiger partial charge is 0.213 e. The van der Waals surface area contributed by atoms with Crippen LogP contribution in [0.2, 0.25) is 0 Å². The maximum Gasteiger partial charge on any atom is 0.213 e. The van der Waals surface area contributed by atoms with Gasteiger partial charge in [-0.2, -0.15) is 0 Å². The first-order chi connectivity index (χ1) is 9.19. The SMILES string of the molecule is CCOC(=N)c1ccc(CN2CCC(O)CC2)cc1. The van der Waals surface area contributed by atoms with Crippen molar-refractivity contribution in [2.75, 3.05) is 19.7 Å². The summed E-state index contributed by atoms with van der Waals surface area (Å²) < 4.78 is 5.17. The minimum absolute atomic E-state index is 0.120. The highest BCUT2D eigenvalue weighted by Gasteiger charge is 2.16. The van der Waals surface area contributed by atoms with Crippen molar-refractivity contribution in [3.05, 3.63) is 35.4 Å². The fourth-order valence-corrected chi connectivity index (χ4v) is 2.32. The summed E-state index contributed by atoms with van der Waals surface area (Å²) in [5, 5.41) is 17.2. The Balaban J connectivity index is 1.90. The van der Waals surface area contributed by atoms with Gasteiger partial charge in [-0.1, -0.05) is 12.1 Å². The topological polar surface area (TPSA) is 56.5 Å². The van der Waals surface area contributed by atoms with E-state index in [1.807, 2.05) is 31.2 Å². The molecule has 0 spiro atoms. The lowest BCUT2D eigenvalue weighted by Crippen LogP contribution is -2.35. The number of likely N-dealkylation sites (tertiary alicyclic amines) is 1. The maximum atomic E-state index is 9.48. The summed E-state index contributed by atoms with van der Waals surface area (Å²) in [6.07, 6.45) is 1.62. The lowest BCUT2D eigenvalue weighted by molar-refractivity contribution is 0.0792. The molecule has 1 aliphatic heterocycles. The largest absolute Gasteiger partial charge is 0.478 e. The number of ether oxygens (including phenoxy) is 1. The van der Waals surface area contributed by atoms with Crippen LogP contribution in [0.5, 0.6) is 0 Å². The molecule has 1 aromatic carbocycles. The normalized spacial score (nSPS) is 17.4. The average Bonchev–Trinajstić information content (AvgIpc) is 2.42. The van der Waals surface area contributed by atoms with E-state index in [0.29, 0.717) is 6.61 Å². The van der Waals surface area contributed by atoms with Gasteiger partial charge in [-0.15, -0.1) is 0 Å². The van der Waals surface area contributed by atoms with E-state index >= 15 is 0 Å². The summed E-state index contributed by atoms with van der Waals surface area (Å²) in [6, 6.07) is 7.97. The van der Waals surface area contributed by atoms with Gasteiger partial charge in [0, 0.05) is 25.2 Å². The molecule has 1 aliphatic rings. The van der Waals surface area contributed by atoms with Crippen molar-refractivity contribution in [3.63, 3.8) is 0 Å². The first-order valence-electron chi connectivity index (χ1n) is 6.90. The van der Waals surface area contributed by atoms with Crippen LogP contribution < -0.4 is 0 Å². The van der Waals surface area contributed by atoms with Gasteiger partial charge in [-0.3, -0.25) is 10.3 Å². The molecule has 1 fully saturated rings. The van der Waals surface area contributed by atoms with Crippen LogP contribution in [0, 0.1) is 5.41 Å². The van der Waals surface area contributed by atoms with Gasteiger partial charge in [0.25, 0.3) is 0 Å². The van der Waals surface area contributed by atoms with Crippen LogP contribution in [-0.4, -0.2) is 41.7 Å². The quantitative estimate of drug-likeness (QED) is 0.644. The zero-order valence-electron chi connectivity index (χ0n) is 11.4. The number of benzene rings is 1. The highest BCUT2D eigenvalue weighted by atomic mass is 16.5. The zero-order chi connectivity index (χ0) is 13.7. The Morgan fingerprint density at radius 1 is 1.32 bits per heavy atom. The summed E-state index contributed by atoms with van der Waals surface area (Å²) in [5.41, 5.74) is 2.06. The van der Waals surface area contributed by atoms with E-state index in [2.05, 4.69) is 4.90 Å². The molecule has 0 atom stereocenters. The van der Waals surface area contributed by atoms with Gasteiger partial charge in [0.1, 0.15) is 0 Å². The van der Waals surface area contributed by atoms with Crippen molar-refractivity contribution in [2.24, 2.45) is 0 Å². The Kier molecular flexibility index (Phi) is 4.93. The number of hydrogen-bond acceptors (Lipinski definition) is 4.